The highest BCUT2D eigenvalue weighted by Crippen LogP contribution is 2.33. The molecule has 0 unspecified atom stereocenters. The molecular weight excluding hydrogens is 393 g/mol. The second-order valence-electron chi connectivity index (χ2n) is 5.44. The minimum absolute atomic E-state index is 0.0679. The van der Waals surface area contributed by atoms with Crippen molar-refractivity contribution in [3.8, 4) is 0 Å². The Kier molecular flexibility index (Phi) is 5.32. The number of carbonyl (C=O) groups is 1. The highest BCUT2D eigenvalue weighted by Gasteiger charge is 2.23. The number of halogens is 2. The molecule has 0 atom stereocenters. The first-order valence-corrected chi connectivity index (χ1v) is 8.05. The Morgan fingerprint density at radius 2 is 1.64 bits per heavy atom. The molecule has 3 N–H and O–H groups in total. The topological polar surface area (TPSA) is 130 Å². The van der Waals surface area contributed by atoms with Crippen LogP contribution >= 0.6 is 11.6 Å². The molecule has 0 saturated carbocycles. The molecule has 142 valence electrons. The number of carboxylic acids is 1. The van der Waals surface area contributed by atoms with Gasteiger partial charge in [-0.15, -0.1) is 0 Å². The largest absolute Gasteiger partial charge is 0.478 e. The lowest BCUT2D eigenvalue weighted by molar-refractivity contribution is -0.383. The van der Waals surface area contributed by atoms with Gasteiger partial charge >= 0.3 is 11.7 Å². The summed E-state index contributed by atoms with van der Waals surface area (Å²) in [5.74, 6) is -1.97. The Labute approximate surface area is 162 Å². The van der Waals surface area contributed by atoms with E-state index in [9.17, 15) is 19.3 Å². The number of aromatic carboxylic acids is 1. The van der Waals surface area contributed by atoms with Gasteiger partial charge in [-0.25, -0.2) is 19.2 Å². The highest BCUT2D eigenvalue weighted by molar-refractivity contribution is 6.31. The Bertz CT molecular complexity index is 1060. The van der Waals surface area contributed by atoms with E-state index in [-0.39, 0.29) is 22.2 Å². The van der Waals surface area contributed by atoms with Crippen molar-refractivity contribution >= 4 is 46.3 Å². The van der Waals surface area contributed by atoms with Gasteiger partial charge in [0.1, 0.15) is 12.1 Å². The third kappa shape index (κ3) is 4.13. The summed E-state index contributed by atoms with van der Waals surface area (Å²) in [6.07, 6.45) is 1.11. The summed E-state index contributed by atoms with van der Waals surface area (Å²) in [5, 5.41) is 25.8. The van der Waals surface area contributed by atoms with Crippen molar-refractivity contribution in [2.75, 3.05) is 10.6 Å². The Hall–Kier alpha value is -3.79. The van der Waals surface area contributed by atoms with E-state index in [4.69, 9.17) is 16.7 Å². The fraction of sp³-hybridized carbons (Fsp3) is 0. The molecule has 0 bridgehead atoms. The normalized spacial score (nSPS) is 10.4. The van der Waals surface area contributed by atoms with Crippen molar-refractivity contribution in [1.82, 2.24) is 9.97 Å². The minimum Gasteiger partial charge on any atom is -0.478 e. The zero-order valence-electron chi connectivity index (χ0n) is 13.9. The number of nitrogens with zero attached hydrogens (tertiary/aromatic N) is 3. The van der Waals surface area contributed by atoms with E-state index in [1.54, 1.807) is 0 Å². The molecule has 3 rings (SSSR count). The number of aromatic nitrogens is 2. The Balaban J connectivity index is 1.93. The lowest BCUT2D eigenvalue weighted by Crippen LogP contribution is -2.06. The summed E-state index contributed by atoms with van der Waals surface area (Å²) in [7, 11) is 0. The fourth-order valence-electron chi connectivity index (χ4n) is 2.28. The van der Waals surface area contributed by atoms with Crippen LogP contribution in [-0.2, 0) is 0 Å². The van der Waals surface area contributed by atoms with Crippen LogP contribution in [0.2, 0.25) is 5.02 Å². The number of hydrogen-bond acceptors (Lipinski definition) is 7. The average molecular weight is 404 g/mol. The maximum atomic E-state index is 13.3. The zero-order chi connectivity index (χ0) is 20.3. The van der Waals surface area contributed by atoms with Crippen molar-refractivity contribution in [3.63, 3.8) is 0 Å². The van der Waals surface area contributed by atoms with Crippen molar-refractivity contribution in [2.24, 2.45) is 0 Å². The summed E-state index contributed by atoms with van der Waals surface area (Å²) in [5.41, 5.74) is 0.302. The number of benzene rings is 2. The Morgan fingerprint density at radius 1 is 1.07 bits per heavy atom. The summed E-state index contributed by atoms with van der Waals surface area (Å²) < 4.78 is 13.3. The predicted molar refractivity (Wildman–Crippen MR) is 100 cm³/mol. The van der Waals surface area contributed by atoms with Crippen molar-refractivity contribution in [3.05, 3.63) is 75.3 Å². The third-order valence-corrected chi connectivity index (χ3v) is 3.87. The van der Waals surface area contributed by atoms with Crippen LogP contribution in [0.5, 0.6) is 0 Å². The van der Waals surface area contributed by atoms with Gasteiger partial charge in [0.25, 0.3) is 0 Å². The number of rotatable bonds is 6. The minimum atomic E-state index is -1.09. The van der Waals surface area contributed by atoms with E-state index >= 15 is 0 Å². The Morgan fingerprint density at radius 3 is 2.18 bits per heavy atom. The van der Waals surface area contributed by atoms with Gasteiger partial charge < -0.3 is 15.7 Å². The van der Waals surface area contributed by atoms with E-state index in [1.165, 1.54) is 36.4 Å². The van der Waals surface area contributed by atoms with Crippen molar-refractivity contribution in [2.45, 2.75) is 0 Å². The molecule has 3 aromatic rings. The number of anilines is 4. The molecule has 11 heteroatoms. The van der Waals surface area contributed by atoms with E-state index in [2.05, 4.69) is 20.6 Å². The molecule has 9 nitrogen and oxygen atoms in total. The molecular formula is C17H11ClFN5O4. The maximum absolute atomic E-state index is 13.3. The van der Waals surface area contributed by atoms with Crippen LogP contribution in [0, 0.1) is 15.9 Å². The third-order valence-electron chi connectivity index (χ3n) is 3.58. The van der Waals surface area contributed by atoms with E-state index in [0.29, 0.717) is 11.4 Å². The van der Waals surface area contributed by atoms with Crippen LogP contribution in [0.25, 0.3) is 0 Å². The average Bonchev–Trinajstić information content (AvgIpc) is 2.65. The van der Waals surface area contributed by atoms with Gasteiger partial charge in [-0.05, 0) is 42.5 Å². The van der Waals surface area contributed by atoms with Gasteiger partial charge in [-0.1, -0.05) is 11.6 Å². The van der Waals surface area contributed by atoms with Crippen LogP contribution in [0.1, 0.15) is 10.4 Å². The summed E-state index contributed by atoms with van der Waals surface area (Å²) in [6.45, 7) is 0. The molecule has 0 amide bonds. The van der Waals surface area contributed by atoms with Gasteiger partial charge in [0, 0.05) is 11.4 Å². The molecule has 0 spiro atoms. The molecule has 0 aliphatic rings. The van der Waals surface area contributed by atoms with E-state index in [1.807, 2.05) is 0 Å². The van der Waals surface area contributed by atoms with Crippen LogP contribution in [0.3, 0.4) is 0 Å². The lowest BCUT2D eigenvalue weighted by Gasteiger charge is -2.10. The molecule has 0 radical (unpaired) electrons. The van der Waals surface area contributed by atoms with Crippen LogP contribution < -0.4 is 10.6 Å². The number of nitrogens with one attached hydrogen (secondary N) is 2. The molecule has 1 heterocycles. The summed E-state index contributed by atoms with van der Waals surface area (Å²) in [6, 6.07) is 9.31. The van der Waals surface area contributed by atoms with E-state index in [0.717, 1.165) is 12.4 Å². The first-order valence-electron chi connectivity index (χ1n) is 7.67. The van der Waals surface area contributed by atoms with Crippen LogP contribution in [-0.4, -0.2) is 26.0 Å². The number of nitro groups is 1. The first kappa shape index (κ1) is 19.0. The molecule has 0 fully saturated rings. The second-order valence-corrected chi connectivity index (χ2v) is 5.85. The fourth-order valence-corrected chi connectivity index (χ4v) is 2.46. The molecule has 2 aromatic carbocycles. The van der Waals surface area contributed by atoms with E-state index < -0.39 is 22.4 Å². The number of hydrogen-bond donors (Lipinski definition) is 3. The quantitative estimate of drug-likeness (QED) is 0.408. The van der Waals surface area contributed by atoms with Gasteiger partial charge in [0.05, 0.1) is 15.5 Å². The molecule has 1 aromatic heterocycles. The van der Waals surface area contributed by atoms with Crippen LogP contribution in [0.15, 0.2) is 48.8 Å². The molecule has 0 aliphatic carbocycles. The van der Waals surface area contributed by atoms with Gasteiger partial charge in [0.15, 0.2) is 0 Å². The lowest BCUT2D eigenvalue weighted by atomic mass is 10.2. The standard InChI is InChI=1S/C17H11ClFN5O4/c18-12-7-11(5-6-13(12)19)23-16-14(24(27)28)15(20-8-21-16)22-10-3-1-9(2-4-10)17(25)26/h1-8H,(H,25,26)(H2,20,21,22,23). The van der Waals surface area contributed by atoms with Crippen molar-refractivity contribution < 1.29 is 19.2 Å². The summed E-state index contributed by atoms with van der Waals surface area (Å²) >= 11 is 5.72. The zero-order valence-corrected chi connectivity index (χ0v) is 14.6. The predicted octanol–water partition coefficient (Wildman–Crippen LogP) is 4.36. The highest BCUT2D eigenvalue weighted by atomic mass is 35.5. The summed E-state index contributed by atoms with van der Waals surface area (Å²) in [4.78, 5) is 29.5. The number of carboxylic acid groups (broad SMARTS) is 1. The van der Waals surface area contributed by atoms with Crippen LogP contribution in [0.4, 0.5) is 33.1 Å². The van der Waals surface area contributed by atoms with Crippen molar-refractivity contribution in [1.29, 1.82) is 0 Å². The second kappa shape index (κ2) is 7.84. The first-order chi connectivity index (χ1) is 13.3. The molecule has 0 saturated heterocycles. The van der Waals surface area contributed by atoms with Gasteiger partial charge in [-0.3, -0.25) is 10.1 Å². The monoisotopic (exact) mass is 403 g/mol. The molecule has 0 aliphatic heterocycles. The van der Waals surface area contributed by atoms with Gasteiger partial charge in [0.2, 0.25) is 11.6 Å². The van der Waals surface area contributed by atoms with Gasteiger partial charge in [-0.2, -0.15) is 0 Å². The SMILES string of the molecule is O=C(O)c1ccc(Nc2ncnc(Nc3ccc(F)c(Cl)c3)c2[N+](=O)[O-])cc1. The molecule has 28 heavy (non-hydrogen) atoms. The smallest absolute Gasteiger partial charge is 0.353 e. The maximum Gasteiger partial charge on any atom is 0.353 e.